The number of hydrogen-bond acceptors (Lipinski definition) is 0. The minimum atomic E-state index is 0. The zero-order valence-corrected chi connectivity index (χ0v) is 24.5. The van der Waals surface area contributed by atoms with Crippen molar-refractivity contribution in [2.75, 3.05) is 0 Å². The van der Waals surface area contributed by atoms with Crippen molar-refractivity contribution in [1.82, 2.24) is 0 Å². The van der Waals surface area contributed by atoms with Crippen LogP contribution in [-0.4, -0.2) is 11.1 Å². The molecule has 2 aromatic carbocycles. The first-order valence-corrected chi connectivity index (χ1v) is 12.9. The topological polar surface area (TPSA) is 0 Å². The Balaban J connectivity index is 0.000000227. The summed E-state index contributed by atoms with van der Waals surface area (Å²) in [5.41, 5.74) is 11.5. The van der Waals surface area contributed by atoms with Crippen molar-refractivity contribution in [1.29, 1.82) is 0 Å². The summed E-state index contributed by atoms with van der Waals surface area (Å²) in [4.78, 5) is 0. The third-order valence-electron chi connectivity index (χ3n) is 5.95. The van der Waals surface area contributed by atoms with E-state index in [0.717, 1.165) is 0 Å². The van der Waals surface area contributed by atoms with E-state index in [1.807, 2.05) is 0 Å². The summed E-state index contributed by atoms with van der Waals surface area (Å²) < 4.78 is 0. The van der Waals surface area contributed by atoms with Crippen molar-refractivity contribution in [3.05, 3.63) is 121 Å². The van der Waals surface area contributed by atoms with E-state index < -0.39 is 0 Å². The van der Waals surface area contributed by atoms with Crippen LogP contribution in [0.5, 0.6) is 0 Å². The monoisotopic (exact) mass is 602 g/mol. The molecule has 10 radical (unpaired) electrons. The first kappa shape index (κ1) is 29.3. The van der Waals surface area contributed by atoms with Crippen LogP contribution in [0.2, 0.25) is 0 Å². The predicted octanol–water partition coefficient (Wildman–Crippen LogP) is 6.30. The fourth-order valence-corrected chi connectivity index (χ4v) is 6.69. The Morgan fingerprint density at radius 3 is 0.970 bits per heavy atom. The van der Waals surface area contributed by atoms with Gasteiger partial charge in [0.25, 0.3) is 11.1 Å². The van der Waals surface area contributed by atoms with Crippen molar-refractivity contribution >= 4 is 53.5 Å². The molecule has 0 unspecified atom stereocenters. The Labute approximate surface area is 231 Å². The van der Waals surface area contributed by atoms with Crippen LogP contribution in [0.15, 0.2) is 24.3 Å². The molecule has 2 aromatic rings. The van der Waals surface area contributed by atoms with E-state index in [1.54, 1.807) is 0 Å². The molecule has 0 N–H and O–H groups in total. The summed E-state index contributed by atoms with van der Waals surface area (Å²) in [6.45, 7) is 13.0. The fourth-order valence-electron chi connectivity index (χ4n) is 4.63. The van der Waals surface area contributed by atoms with Gasteiger partial charge in [-0.25, -0.2) is 0 Å². The Morgan fingerprint density at radius 1 is 0.485 bits per heavy atom. The van der Waals surface area contributed by atoms with Gasteiger partial charge in [0.15, 0.2) is 0 Å². The zero-order chi connectivity index (χ0) is 23.4. The van der Waals surface area contributed by atoms with Crippen LogP contribution in [0.1, 0.15) is 33.4 Å². The summed E-state index contributed by atoms with van der Waals surface area (Å²) in [6.07, 6.45) is 17.0. The van der Waals surface area contributed by atoms with Crippen molar-refractivity contribution in [2.45, 2.75) is 41.5 Å². The first-order valence-electron chi connectivity index (χ1n) is 11.1. The Kier molecular flexibility index (Phi) is 11.9. The molecule has 0 nitrogen and oxygen atoms in total. The molecule has 33 heavy (non-hydrogen) atoms. The summed E-state index contributed by atoms with van der Waals surface area (Å²) in [6, 6.07) is 9.00. The molecule has 2 fully saturated rings. The number of benzene rings is 2. The second-order valence-corrected chi connectivity index (χ2v) is 10.6. The maximum Gasteiger partial charge on any atom is 2.00 e. The molecule has 5 heteroatoms. The van der Waals surface area contributed by atoms with Gasteiger partial charge in [-0.2, -0.15) is 0 Å². The minimum Gasteiger partial charge on any atom is -0.149 e. The van der Waals surface area contributed by atoms with Crippen LogP contribution < -0.4 is 10.9 Å². The Morgan fingerprint density at radius 2 is 0.727 bits per heavy atom. The van der Waals surface area contributed by atoms with E-state index in [4.69, 9.17) is 0 Å². The average molecular weight is 604 g/mol. The van der Waals surface area contributed by atoms with Crippen molar-refractivity contribution in [3.8, 4) is 0 Å². The third-order valence-corrected chi connectivity index (χ3v) is 7.92. The second-order valence-electron chi connectivity index (χ2n) is 8.79. The molecule has 2 aliphatic carbocycles. The van der Waals surface area contributed by atoms with Crippen LogP contribution in [0.25, 0.3) is 0 Å². The second kappa shape index (κ2) is 13.4. The molecule has 4 rings (SSSR count). The maximum absolute atomic E-state index is 3.80. The van der Waals surface area contributed by atoms with Gasteiger partial charge < -0.3 is 0 Å². The van der Waals surface area contributed by atoms with Crippen LogP contribution >= 0.6 is 31.5 Å². The van der Waals surface area contributed by atoms with Crippen LogP contribution in [0.3, 0.4) is 0 Å². The van der Waals surface area contributed by atoms with Crippen LogP contribution in [-0.2, 0) is 17.1 Å². The molecular formula is C28H30B2Br2Fe+2. The first-order chi connectivity index (χ1) is 15.2. The van der Waals surface area contributed by atoms with Crippen LogP contribution in [0.4, 0.5) is 0 Å². The summed E-state index contributed by atoms with van der Waals surface area (Å²) >= 11 is 7.60. The van der Waals surface area contributed by atoms with E-state index in [9.17, 15) is 0 Å². The Bertz CT molecular complexity index is 797. The van der Waals surface area contributed by atoms with Gasteiger partial charge in [0, 0.05) is 0 Å². The van der Waals surface area contributed by atoms with Gasteiger partial charge in [0.1, 0.15) is 0 Å². The van der Waals surface area contributed by atoms with Gasteiger partial charge in [0.2, 0.25) is 0 Å². The number of rotatable bonds is 4. The molecule has 0 saturated heterocycles. The fraction of sp³-hybridized carbons (Fsp3) is 0.214. The molecule has 0 amide bonds. The predicted molar refractivity (Wildman–Crippen MR) is 151 cm³/mol. The van der Waals surface area contributed by atoms with Gasteiger partial charge in [-0.15, -0.1) is 31.5 Å². The van der Waals surface area contributed by atoms with Crippen molar-refractivity contribution in [2.24, 2.45) is 0 Å². The van der Waals surface area contributed by atoms with Crippen LogP contribution in [0, 0.1) is 105 Å². The maximum atomic E-state index is 3.80. The average Bonchev–Trinajstić information content (AvgIpc) is 3.41. The van der Waals surface area contributed by atoms with E-state index >= 15 is 0 Å². The zero-order valence-electron chi connectivity index (χ0n) is 20.2. The van der Waals surface area contributed by atoms with Gasteiger partial charge in [-0.3, -0.25) is 0 Å². The third kappa shape index (κ3) is 7.52. The van der Waals surface area contributed by atoms with E-state index in [2.05, 4.69) is 149 Å². The largest absolute Gasteiger partial charge is 2.00 e. The summed E-state index contributed by atoms with van der Waals surface area (Å²) in [5.74, 6) is 2.66. The molecule has 0 spiro atoms. The van der Waals surface area contributed by atoms with Gasteiger partial charge in [-0.05, 0) is 105 Å². The molecule has 0 aromatic heterocycles. The van der Waals surface area contributed by atoms with E-state index in [1.165, 1.54) is 55.9 Å². The molecule has 2 aliphatic rings. The van der Waals surface area contributed by atoms with Gasteiger partial charge >= 0.3 is 17.1 Å². The normalized spacial score (nSPS) is 16.2. The van der Waals surface area contributed by atoms with Crippen molar-refractivity contribution in [3.63, 3.8) is 0 Å². The number of hydrogen-bond donors (Lipinski definition) is 0. The molecule has 0 heterocycles. The Hall–Kier alpha value is 0.0494. The quantitative estimate of drug-likeness (QED) is 0.360. The molecule has 0 bridgehead atoms. The van der Waals surface area contributed by atoms with E-state index in [-0.39, 0.29) is 17.1 Å². The van der Waals surface area contributed by atoms with Crippen molar-refractivity contribution < 1.29 is 17.1 Å². The van der Waals surface area contributed by atoms with Gasteiger partial charge in [0.05, 0.1) is 0 Å². The SMILES string of the molecule is Cc1cc(C)c(B(Br)[C]2[CH][CH][CH][CH]2)c(C)c1.Cc1cc(C)c(B(Br)[C]2[CH][CH][CH][CH]2)c(C)c1.[Fe+2]. The molecule has 0 atom stereocenters. The molecular weight excluding hydrogens is 574 g/mol. The number of aryl methyl sites for hydroxylation is 6. The number of halogens is 2. The molecule has 0 aliphatic heterocycles. The van der Waals surface area contributed by atoms with Gasteiger partial charge in [-0.1, -0.05) is 68.6 Å². The molecule has 168 valence electrons. The summed E-state index contributed by atoms with van der Waals surface area (Å²) in [7, 11) is 0. The van der Waals surface area contributed by atoms with E-state index in [0.29, 0.717) is 11.1 Å². The minimum absolute atomic E-state index is 0. The molecule has 2 saturated carbocycles. The summed E-state index contributed by atoms with van der Waals surface area (Å²) in [5, 5.41) is 0. The standard InChI is InChI=1S/2C14H15BBr.Fe/c2*1-10-8-11(2)14(12(3)9-10)15(16)13-6-4-5-7-13;/h2*4-9H,1-3H3;/q;;+2. The smallest absolute Gasteiger partial charge is 0.149 e.